The van der Waals surface area contributed by atoms with E-state index in [0.717, 1.165) is 24.3 Å². The number of amides is 1. The number of nitrogens with two attached hydrogens (primary N) is 1. The summed E-state index contributed by atoms with van der Waals surface area (Å²) >= 11 is 0. The van der Waals surface area contributed by atoms with Crippen molar-refractivity contribution in [2.75, 3.05) is 6.26 Å². The number of hydrogen-bond donors (Lipinski definition) is 1. The van der Waals surface area contributed by atoms with Crippen LogP contribution in [0.1, 0.15) is 44.1 Å². The Bertz CT molecular complexity index is 674. The third-order valence-corrected chi connectivity index (χ3v) is 6.56. The SMILES string of the molecule is CS(=O)(=O)c1ccc([C@@]2(C(N)=O)C[C@H]2CC2CCCC2)cc1. The average molecular weight is 321 g/mol. The third-order valence-electron chi connectivity index (χ3n) is 5.44. The molecule has 120 valence electrons. The van der Waals surface area contributed by atoms with Gasteiger partial charge in [0.1, 0.15) is 0 Å². The molecule has 2 saturated carbocycles. The molecule has 0 bridgehead atoms. The van der Waals surface area contributed by atoms with Gasteiger partial charge in [0.2, 0.25) is 5.91 Å². The molecule has 0 radical (unpaired) electrons. The van der Waals surface area contributed by atoms with E-state index >= 15 is 0 Å². The fourth-order valence-corrected chi connectivity index (χ4v) is 4.69. The second-order valence-corrected chi connectivity index (χ2v) is 8.94. The van der Waals surface area contributed by atoms with Crippen LogP contribution in [-0.4, -0.2) is 20.6 Å². The van der Waals surface area contributed by atoms with Gasteiger partial charge in [-0.15, -0.1) is 0 Å². The fourth-order valence-electron chi connectivity index (χ4n) is 4.06. The fraction of sp³-hybridized carbons (Fsp3) is 0.588. The molecule has 3 rings (SSSR count). The van der Waals surface area contributed by atoms with Gasteiger partial charge in [-0.25, -0.2) is 8.42 Å². The molecule has 5 heteroatoms. The minimum Gasteiger partial charge on any atom is -0.369 e. The highest BCUT2D eigenvalue weighted by molar-refractivity contribution is 7.90. The molecule has 1 aromatic rings. The van der Waals surface area contributed by atoms with Gasteiger partial charge in [-0.2, -0.15) is 0 Å². The standard InChI is InChI=1S/C17H23NO3S/c1-22(20,21)15-8-6-13(7-9-15)17(16(18)19)11-14(17)10-12-4-2-3-5-12/h6-9,12,14H,2-5,10-11H2,1H3,(H2,18,19)/t14-,17+/m1/s1. The highest BCUT2D eigenvalue weighted by atomic mass is 32.2. The van der Waals surface area contributed by atoms with Crippen LogP contribution < -0.4 is 5.73 Å². The largest absolute Gasteiger partial charge is 0.369 e. The van der Waals surface area contributed by atoms with E-state index in [1.54, 1.807) is 24.3 Å². The Morgan fingerprint density at radius 1 is 1.23 bits per heavy atom. The van der Waals surface area contributed by atoms with Gasteiger partial charge in [0.25, 0.3) is 0 Å². The van der Waals surface area contributed by atoms with E-state index in [0.29, 0.717) is 5.92 Å². The summed E-state index contributed by atoms with van der Waals surface area (Å²) in [6.07, 6.45) is 8.17. The van der Waals surface area contributed by atoms with Gasteiger partial charge in [-0.3, -0.25) is 4.79 Å². The lowest BCUT2D eigenvalue weighted by atomic mass is 9.88. The van der Waals surface area contributed by atoms with Gasteiger partial charge in [-0.1, -0.05) is 37.8 Å². The predicted octanol–water partition coefficient (Wildman–Crippen LogP) is 2.41. The zero-order valence-electron chi connectivity index (χ0n) is 12.9. The number of rotatable bonds is 5. The predicted molar refractivity (Wildman–Crippen MR) is 85.1 cm³/mol. The van der Waals surface area contributed by atoms with Crippen LogP contribution in [0.2, 0.25) is 0 Å². The molecular formula is C17H23NO3S. The minimum absolute atomic E-state index is 0.275. The summed E-state index contributed by atoms with van der Waals surface area (Å²) in [4.78, 5) is 12.3. The van der Waals surface area contributed by atoms with Crippen molar-refractivity contribution in [3.05, 3.63) is 29.8 Å². The van der Waals surface area contributed by atoms with Crippen LogP contribution in [0.25, 0.3) is 0 Å². The summed E-state index contributed by atoms with van der Waals surface area (Å²) < 4.78 is 23.1. The second-order valence-electron chi connectivity index (χ2n) is 6.92. The van der Waals surface area contributed by atoms with Gasteiger partial charge < -0.3 is 5.73 Å². The van der Waals surface area contributed by atoms with Crippen molar-refractivity contribution < 1.29 is 13.2 Å². The highest BCUT2D eigenvalue weighted by Crippen LogP contribution is 2.58. The van der Waals surface area contributed by atoms with Crippen molar-refractivity contribution in [1.29, 1.82) is 0 Å². The summed E-state index contributed by atoms with van der Waals surface area (Å²) in [6, 6.07) is 6.69. The molecular weight excluding hydrogens is 298 g/mol. The molecule has 0 saturated heterocycles. The Morgan fingerprint density at radius 3 is 2.32 bits per heavy atom. The van der Waals surface area contributed by atoms with Crippen molar-refractivity contribution in [3.63, 3.8) is 0 Å². The molecule has 2 aliphatic carbocycles. The first-order valence-corrected chi connectivity index (χ1v) is 9.83. The zero-order valence-corrected chi connectivity index (χ0v) is 13.7. The van der Waals surface area contributed by atoms with Crippen LogP contribution in [0, 0.1) is 11.8 Å². The van der Waals surface area contributed by atoms with Gasteiger partial charge in [-0.05, 0) is 42.4 Å². The van der Waals surface area contributed by atoms with E-state index < -0.39 is 15.3 Å². The van der Waals surface area contributed by atoms with Crippen molar-refractivity contribution in [2.45, 2.75) is 48.8 Å². The van der Waals surface area contributed by atoms with Crippen molar-refractivity contribution in [3.8, 4) is 0 Å². The Kier molecular flexibility index (Phi) is 3.79. The number of sulfone groups is 1. The van der Waals surface area contributed by atoms with Gasteiger partial charge in [0.15, 0.2) is 9.84 Å². The molecule has 0 heterocycles. The zero-order chi connectivity index (χ0) is 16.0. The first-order chi connectivity index (χ1) is 10.3. The second kappa shape index (κ2) is 5.37. The van der Waals surface area contributed by atoms with Crippen LogP contribution in [0.4, 0.5) is 0 Å². The molecule has 2 atom stereocenters. The molecule has 1 aromatic carbocycles. The third kappa shape index (κ3) is 2.67. The maximum Gasteiger partial charge on any atom is 0.228 e. The topological polar surface area (TPSA) is 77.2 Å². The van der Waals surface area contributed by atoms with Crippen LogP contribution in [0.15, 0.2) is 29.2 Å². The maximum absolute atomic E-state index is 12.1. The molecule has 0 aromatic heterocycles. The number of hydrogen-bond acceptors (Lipinski definition) is 3. The Balaban J connectivity index is 1.82. The summed E-state index contributed by atoms with van der Waals surface area (Å²) in [5, 5.41) is 0. The Morgan fingerprint density at radius 2 is 1.82 bits per heavy atom. The Hall–Kier alpha value is -1.36. The number of benzene rings is 1. The molecule has 2 N–H and O–H groups in total. The first kappa shape index (κ1) is 15.5. The number of carbonyl (C=O) groups excluding carboxylic acids is 1. The van der Waals surface area contributed by atoms with E-state index in [2.05, 4.69) is 0 Å². The Labute approximate surface area is 132 Å². The molecule has 0 spiro atoms. The van der Waals surface area contributed by atoms with Crippen LogP contribution in [0.5, 0.6) is 0 Å². The van der Waals surface area contributed by atoms with E-state index in [1.807, 2.05) is 0 Å². The molecule has 0 unspecified atom stereocenters. The van der Waals surface area contributed by atoms with E-state index in [1.165, 1.54) is 31.9 Å². The molecule has 4 nitrogen and oxygen atoms in total. The van der Waals surface area contributed by atoms with E-state index in [-0.39, 0.29) is 10.8 Å². The monoisotopic (exact) mass is 321 g/mol. The number of carbonyl (C=O) groups is 1. The average Bonchev–Trinajstić information content (AvgIpc) is 2.94. The van der Waals surface area contributed by atoms with E-state index in [4.69, 9.17) is 5.73 Å². The van der Waals surface area contributed by atoms with Crippen molar-refractivity contribution >= 4 is 15.7 Å². The van der Waals surface area contributed by atoms with Gasteiger partial charge in [0.05, 0.1) is 10.3 Å². The van der Waals surface area contributed by atoms with Crippen LogP contribution in [-0.2, 0) is 20.0 Å². The normalized spacial score (nSPS) is 28.7. The van der Waals surface area contributed by atoms with E-state index in [9.17, 15) is 13.2 Å². The van der Waals surface area contributed by atoms with Crippen molar-refractivity contribution in [2.24, 2.45) is 17.6 Å². The molecule has 2 fully saturated rings. The molecule has 2 aliphatic rings. The maximum atomic E-state index is 12.1. The first-order valence-electron chi connectivity index (χ1n) is 7.94. The highest BCUT2D eigenvalue weighted by Gasteiger charge is 2.60. The summed E-state index contributed by atoms with van der Waals surface area (Å²) in [5.74, 6) is 0.765. The quantitative estimate of drug-likeness (QED) is 0.904. The summed E-state index contributed by atoms with van der Waals surface area (Å²) in [7, 11) is -3.21. The van der Waals surface area contributed by atoms with Crippen molar-refractivity contribution in [1.82, 2.24) is 0 Å². The van der Waals surface area contributed by atoms with Gasteiger partial charge >= 0.3 is 0 Å². The molecule has 0 aliphatic heterocycles. The molecule has 22 heavy (non-hydrogen) atoms. The summed E-state index contributed by atoms with van der Waals surface area (Å²) in [5.41, 5.74) is 6.00. The smallest absolute Gasteiger partial charge is 0.228 e. The van der Waals surface area contributed by atoms with Crippen LogP contribution in [0.3, 0.4) is 0 Å². The number of primary amides is 1. The molecule has 1 amide bonds. The lowest BCUT2D eigenvalue weighted by Gasteiger charge is -2.16. The lowest BCUT2D eigenvalue weighted by molar-refractivity contribution is -0.120. The summed E-state index contributed by atoms with van der Waals surface area (Å²) in [6.45, 7) is 0. The van der Waals surface area contributed by atoms with Gasteiger partial charge in [0, 0.05) is 6.26 Å². The van der Waals surface area contributed by atoms with Crippen LogP contribution >= 0.6 is 0 Å². The minimum atomic E-state index is -3.21. The lowest BCUT2D eigenvalue weighted by Crippen LogP contribution is -2.31.